The van der Waals surface area contributed by atoms with E-state index in [0.717, 1.165) is 18.2 Å². The van der Waals surface area contributed by atoms with Crippen molar-refractivity contribution >= 4 is 11.8 Å². The van der Waals surface area contributed by atoms with Gasteiger partial charge in [-0.15, -0.1) is 0 Å². The zero-order valence-corrected chi connectivity index (χ0v) is 11.6. The first-order valence-electron chi connectivity index (χ1n) is 5.95. The molecule has 0 amide bonds. The Balaban J connectivity index is 2.59. The van der Waals surface area contributed by atoms with Gasteiger partial charge in [0.25, 0.3) is 0 Å². The Bertz CT molecular complexity index is 384. The van der Waals surface area contributed by atoms with Crippen LogP contribution < -0.4 is 5.73 Å². The summed E-state index contributed by atoms with van der Waals surface area (Å²) in [4.78, 5) is 0. The number of alkyl halides is 3. The van der Waals surface area contributed by atoms with Gasteiger partial charge in [-0.25, -0.2) is 0 Å². The predicted molar refractivity (Wildman–Crippen MR) is 72.2 cm³/mol. The van der Waals surface area contributed by atoms with Crippen LogP contribution in [0.3, 0.4) is 0 Å². The SMILES string of the molecule is COCCCSCC(N)c1ccccc1C(F)(F)F. The van der Waals surface area contributed by atoms with Gasteiger partial charge in [-0.1, -0.05) is 18.2 Å². The van der Waals surface area contributed by atoms with Crippen molar-refractivity contribution in [3.63, 3.8) is 0 Å². The maximum Gasteiger partial charge on any atom is 0.416 e. The highest BCUT2D eigenvalue weighted by atomic mass is 32.2. The van der Waals surface area contributed by atoms with Crippen molar-refractivity contribution in [3.8, 4) is 0 Å². The van der Waals surface area contributed by atoms with Crippen LogP contribution in [0.15, 0.2) is 24.3 Å². The van der Waals surface area contributed by atoms with Crippen LogP contribution in [0.5, 0.6) is 0 Å². The molecular weight excluding hydrogens is 275 g/mol. The Morgan fingerprint density at radius 2 is 2.00 bits per heavy atom. The fourth-order valence-corrected chi connectivity index (χ4v) is 2.61. The summed E-state index contributed by atoms with van der Waals surface area (Å²) < 4.78 is 43.4. The maximum atomic E-state index is 12.8. The van der Waals surface area contributed by atoms with Crippen LogP contribution in [0.4, 0.5) is 13.2 Å². The van der Waals surface area contributed by atoms with Crippen molar-refractivity contribution in [2.24, 2.45) is 5.73 Å². The minimum Gasteiger partial charge on any atom is -0.385 e. The van der Waals surface area contributed by atoms with E-state index in [4.69, 9.17) is 10.5 Å². The van der Waals surface area contributed by atoms with Gasteiger partial charge >= 0.3 is 6.18 Å². The topological polar surface area (TPSA) is 35.2 Å². The summed E-state index contributed by atoms with van der Waals surface area (Å²) in [6.07, 6.45) is -3.48. The molecular formula is C13H18F3NOS. The van der Waals surface area contributed by atoms with Crippen molar-refractivity contribution in [1.82, 2.24) is 0 Å². The molecule has 0 aliphatic carbocycles. The lowest BCUT2D eigenvalue weighted by molar-refractivity contribution is -0.138. The van der Waals surface area contributed by atoms with Crippen LogP contribution in [0.25, 0.3) is 0 Å². The average molecular weight is 293 g/mol. The number of rotatable bonds is 7. The molecule has 0 spiro atoms. The van der Waals surface area contributed by atoms with E-state index in [1.54, 1.807) is 24.9 Å². The van der Waals surface area contributed by atoms with Gasteiger partial charge in [0, 0.05) is 25.5 Å². The Morgan fingerprint density at radius 1 is 1.32 bits per heavy atom. The standard InChI is InChI=1S/C13H18F3NOS/c1-18-7-4-8-19-9-12(17)10-5-2-3-6-11(10)13(14,15)16/h2-3,5-6,12H,4,7-9,17H2,1H3. The van der Waals surface area contributed by atoms with E-state index in [9.17, 15) is 13.2 Å². The van der Waals surface area contributed by atoms with Crippen LogP contribution >= 0.6 is 11.8 Å². The Labute approximate surface area is 115 Å². The van der Waals surface area contributed by atoms with E-state index in [2.05, 4.69) is 0 Å². The second-order valence-electron chi connectivity index (χ2n) is 4.11. The van der Waals surface area contributed by atoms with Crippen molar-refractivity contribution in [2.75, 3.05) is 25.2 Å². The van der Waals surface area contributed by atoms with Crippen LogP contribution in [0.1, 0.15) is 23.6 Å². The van der Waals surface area contributed by atoms with Gasteiger partial charge in [0.2, 0.25) is 0 Å². The van der Waals surface area contributed by atoms with Crippen LogP contribution in [-0.2, 0) is 10.9 Å². The average Bonchev–Trinajstić information content (AvgIpc) is 2.37. The molecule has 108 valence electrons. The molecule has 6 heteroatoms. The molecule has 0 bridgehead atoms. The first-order valence-corrected chi connectivity index (χ1v) is 7.10. The van der Waals surface area contributed by atoms with E-state index in [0.29, 0.717) is 12.4 Å². The van der Waals surface area contributed by atoms with Crippen molar-refractivity contribution < 1.29 is 17.9 Å². The van der Waals surface area contributed by atoms with E-state index in [1.165, 1.54) is 12.1 Å². The number of methoxy groups -OCH3 is 1. The molecule has 0 fully saturated rings. The molecule has 19 heavy (non-hydrogen) atoms. The molecule has 1 atom stereocenters. The Hall–Kier alpha value is -0.720. The van der Waals surface area contributed by atoms with Gasteiger partial charge in [-0.2, -0.15) is 24.9 Å². The number of benzene rings is 1. The van der Waals surface area contributed by atoms with Crippen molar-refractivity contribution in [3.05, 3.63) is 35.4 Å². The van der Waals surface area contributed by atoms with E-state index >= 15 is 0 Å². The summed E-state index contributed by atoms with van der Waals surface area (Å²) in [6, 6.07) is 4.88. The molecule has 2 nitrogen and oxygen atoms in total. The number of hydrogen-bond acceptors (Lipinski definition) is 3. The minimum atomic E-state index is -4.35. The fraction of sp³-hybridized carbons (Fsp3) is 0.538. The van der Waals surface area contributed by atoms with Gasteiger partial charge < -0.3 is 10.5 Å². The van der Waals surface area contributed by atoms with Gasteiger partial charge in [0.15, 0.2) is 0 Å². The first kappa shape index (κ1) is 16.3. The summed E-state index contributed by atoms with van der Waals surface area (Å²) in [6.45, 7) is 0.654. The molecule has 0 saturated carbocycles. The third-order valence-corrected chi connectivity index (χ3v) is 3.77. The maximum absolute atomic E-state index is 12.8. The highest BCUT2D eigenvalue weighted by Gasteiger charge is 2.34. The lowest BCUT2D eigenvalue weighted by atomic mass is 10.0. The number of ether oxygens (including phenoxy) is 1. The summed E-state index contributed by atoms with van der Waals surface area (Å²) in [5.41, 5.74) is 5.38. The zero-order valence-electron chi connectivity index (χ0n) is 10.7. The molecule has 0 radical (unpaired) electrons. The third kappa shape index (κ3) is 5.42. The predicted octanol–water partition coefficient (Wildman–Crippen LogP) is 3.47. The second kappa shape index (κ2) is 7.77. The molecule has 1 aromatic carbocycles. The smallest absolute Gasteiger partial charge is 0.385 e. The summed E-state index contributed by atoms with van der Waals surface area (Å²) in [7, 11) is 1.62. The summed E-state index contributed by atoms with van der Waals surface area (Å²) in [5.74, 6) is 1.30. The number of halogens is 3. The molecule has 1 rings (SSSR count). The molecule has 0 aliphatic rings. The minimum absolute atomic E-state index is 0.161. The van der Waals surface area contributed by atoms with Gasteiger partial charge in [-0.3, -0.25) is 0 Å². The number of hydrogen-bond donors (Lipinski definition) is 1. The molecule has 1 aromatic rings. The Kier molecular flexibility index (Phi) is 6.68. The quantitative estimate of drug-likeness (QED) is 0.782. The number of nitrogens with two attached hydrogens (primary N) is 1. The normalized spacial score (nSPS) is 13.5. The lowest BCUT2D eigenvalue weighted by Gasteiger charge is -2.18. The highest BCUT2D eigenvalue weighted by Crippen LogP contribution is 2.34. The highest BCUT2D eigenvalue weighted by molar-refractivity contribution is 7.99. The molecule has 1 unspecified atom stereocenters. The molecule has 2 N–H and O–H groups in total. The van der Waals surface area contributed by atoms with Crippen LogP contribution in [0.2, 0.25) is 0 Å². The fourth-order valence-electron chi connectivity index (χ4n) is 1.68. The van der Waals surface area contributed by atoms with Gasteiger partial charge in [0.05, 0.1) is 5.56 Å². The summed E-state index contributed by atoms with van der Waals surface area (Å²) in [5, 5.41) is 0. The van der Waals surface area contributed by atoms with Gasteiger partial charge in [0.1, 0.15) is 0 Å². The van der Waals surface area contributed by atoms with E-state index in [-0.39, 0.29) is 5.56 Å². The zero-order chi connectivity index (χ0) is 14.3. The summed E-state index contributed by atoms with van der Waals surface area (Å²) >= 11 is 1.54. The first-order chi connectivity index (χ1) is 8.96. The molecule has 0 aliphatic heterocycles. The second-order valence-corrected chi connectivity index (χ2v) is 5.26. The molecule has 0 heterocycles. The molecule has 0 saturated heterocycles. The number of thioether (sulfide) groups is 1. The van der Waals surface area contributed by atoms with E-state index in [1.807, 2.05) is 0 Å². The van der Waals surface area contributed by atoms with Crippen molar-refractivity contribution in [1.29, 1.82) is 0 Å². The largest absolute Gasteiger partial charge is 0.416 e. The Morgan fingerprint density at radius 3 is 2.63 bits per heavy atom. The lowest BCUT2D eigenvalue weighted by Crippen LogP contribution is -2.19. The van der Waals surface area contributed by atoms with Crippen molar-refractivity contribution in [2.45, 2.75) is 18.6 Å². The van der Waals surface area contributed by atoms with Crippen LogP contribution in [-0.4, -0.2) is 25.2 Å². The third-order valence-electron chi connectivity index (χ3n) is 2.60. The monoisotopic (exact) mass is 293 g/mol. The van der Waals surface area contributed by atoms with Crippen LogP contribution in [0, 0.1) is 0 Å². The van der Waals surface area contributed by atoms with E-state index < -0.39 is 17.8 Å². The molecule has 0 aromatic heterocycles. The van der Waals surface area contributed by atoms with Gasteiger partial charge in [-0.05, 0) is 23.8 Å².